The summed E-state index contributed by atoms with van der Waals surface area (Å²) < 4.78 is 1.19. The van der Waals surface area contributed by atoms with Crippen molar-refractivity contribution in [3.8, 4) is 10.6 Å². The number of hydrogen-bond acceptors (Lipinski definition) is 4. The van der Waals surface area contributed by atoms with Gasteiger partial charge in [0.15, 0.2) is 0 Å². The minimum Gasteiger partial charge on any atom is -0.333 e. The molecule has 0 fully saturated rings. The molecule has 6 heteroatoms. The van der Waals surface area contributed by atoms with Gasteiger partial charge in [-0.3, -0.25) is 4.79 Å². The largest absolute Gasteiger partial charge is 0.333 e. The number of anilines is 1. The number of carbonyl (C=O) groups is 1. The summed E-state index contributed by atoms with van der Waals surface area (Å²) in [5.74, 6) is -0.0190. The second-order valence-corrected chi connectivity index (χ2v) is 8.50. The van der Waals surface area contributed by atoms with Gasteiger partial charge in [0.05, 0.1) is 28.7 Å². The van der Waals surface area contributed by atoms with Gasteiger partial charge in [0, 0.05) is 18.9 Å². The van der Waals surface area contributed by atoms with Crippen molar-refractivity contribution < 1.29 is 9.69 Å². The molecule has 1 atom stereocenters. The second-order valence-electron chi connectivity index (χ2n) is 6.36. The van der Waals surface area contributed by atoms with E-state index in [0.717, 1.165) is 34.1 Å². The van der Waals surface area contributed by atoms with E-state index in [2.05, 4.69) is 24.5 Å². The number of thiophene rings is 1. The summed E-state index contributed by atoms with van der Waals surface area (Å²) in [5.41, 5.74) is 3.57. The summed E-state index contributed by atoms with van der Waals surface area (Å²) in [6.45, 7) is 3.79. The van der Waals surface area contributed by atoms with Crippen LogP contribution in [0, 0.1) is 0 Å². The molecule has 4 nitrogen and oxygen atoms in total. The summed E-state index contributed by atoms with van der Waals surface area (Å²) in [4.78, 5) is 19.5. The highest BCUT2D eigenvalue weighted by Crippen LogP contribution is 2.44. The monoisotopic (exact) mass is 358 g/mol. The van der Waals surface area contributed by atoms with Gasteiger partial charge in [-0.1, -0.05) is 12.1 Å². The van der Waals surface area contributed by atoms with Gasteiger partial charge in [-0.15, -0.1) is 22.7 Å². The van der Waals surface area contributed by atoms with E-state index in [0.29, 0.717) is 0 Å². The summed E-state index contributed by atoms with van der Waals surface area (Å²) >= 11 is 3.44. The Morgan fingerprint density at radius 2 is 2.12 bits per heavy atom. The van der Waals surface area contributed by atoms with E-state index in [1.54, 1.807) is 29.6 Å². The average molecular weight is 359 g/mol. The number of nitrogens with one attached hydrogen (secondary N) is 2. The molecule has 1 aliphatic heterocycles. The second kappa shape index (κ2) is 6.27. The molecular formula is C18H20N3OS2+. The molecule has 0 spiro atoms. The molecule has 0 radical (unpaired) electrons. The molecule has 3 heterocycles. The number of fused-ring (bicyclic) bond motifs is 2. The van der Waals surface area contributed by atoms with Crippen LogP contribution >= 0.6 is 22.7 Å². The molecule has 1 unspecified atom stereocenters. The van der Waals surface area contributed by atoms with Crippen molar-refractivity contribution in [3.05, 3.63) is 34.7 Å². The molecule has 0 saturated heterocycles. The number of aromatic nitrogens is 1. The topological polar surface area (TPSA) is 46.4 Å². The minimum atomic E-state index is -0.0190. The highest BCUT2D eigenvalue weighted by molar-refractivity contribution is 7.22. The van der Waals surface area contributed by atoms with Crippen LogP contribution < -0.4 is 10.2 Å². The van der Waals surface area contributed by atoms with E-state index in [4.69, 9.17) is 4.98 Å². The Hall–Kier alpha value is -1.76. The number of amides is 1. The number of quaternary nitrogens is 1. The third kappa shape index (κ3) is 2.85. The van der Waals surface area contributed by atoms with Crippen molar-refractivity contribution in [2.75, 3.05) is 18.9 Å². The summed E-state index contributed by atoms with van der Waals surface area (Å²) in [6.07, 6.45) is 2.24. The fourth-order valence-electron chi connectivity index (χ4n) is 3.30. The molecule has 24 heavy (non-hydrogen) atoms. The first-order valence-electron chi connectivity index (χ1n) is 8.21. The molecule has 2 N–H and O–H groups in total. The molecule has 3 aromatic rings. The van der Waals surface area contributed by atoms with Crippen LogP contribution in [-0.2, 0) is 17.8 Å². The van der Waals surface area contributed by atoms with E-state index in [9.17, 15) is 4.79 Å². The van der Waals surface area contributed by atoms with Crippen molar-refractivity contribution in [1.82, 2.24) is 4.98 Å². The average Bonchev–Trinajstić information content (AvgIpc) is 3.03. The number of benzene rings is 1. The Bertz CT molecular complexity index is 879. The van der Waals surface area contributed by atoms with E-state index in [1.165, 1.54) is 33.0 Å². The first-order valence-corrected chi connectivity index (χ1v) is 9.84. The molecule has 0 bridgehead atoms. The Kier molecular flexibility index (Phi) is 4.12. The molecule has 4 rings (SSSR count). The number of carbonyl (C=O) groups excluding carboxylic acids is 1. The molecular weight excluding hydrogens is 338 g/mol. The number of nitrogens with zero attached hydrogens (tertiary/aromatic N) is 1. The smallest absolute Gasteiger partial charge is 0.221 e. The standard InChI is InChI=1S/C18H19N3OS2/c1-11(22)19-17-16(12-6-5-9-21(2)10-15(12)24-17)18-20-13-7-3-4-8-14(13)23-18/h3-4,7-8H,5-6,9-10H2,1-2H3,(H,19,22)/p+1. The van der Waals surface area contributed by atoms with Crippen LogP contribution in [0.1, 0.15) is 23.8 Å². The van der Waals surface area contributed by atoms with Crippen LogP contribution in [0.5, 0.6) is 0 Å². The van der Waals surface area contributed by atoms with E-state index >= 15 is 0 Å². The van der Waals surface area contributed by atoms with E-state index in [1.807, 2.05) is 12.1 Å². The van der Waals surface area contributed by atoms with Gasteiger partial charge in [0.1, 0.15) is 16.6 Å². The number of hydrogen-bond donors (Lipinski definition) is 2. The maximum absolute atomic E-state index is 11.7. The first-order chi connectivity index (χ1) is 11.6. The van der Waals surface area contributed by atoms with Crippen molar-refractivity contribution in [3.63, 3.8) is 0 Å². The molecule has 1 amide bonds. The minimum absolute atomic E-state index is 0.0190. The summed E-state index contributed by atoms with van der Waals surface area (Å²) in [6, 6.07) is 8.23. The third-order valence-electron chi connectivity index (χ3n) is 4.38. The molecule has 0 aliphatic carbocycles. The van der Waals surface area contributed by atoms with Gasteiger partial charge in [-0.25, -0.2) is 4.98 Å². The van der Waals surface area contributed by atoms with Crippen LogP contribution in [0.15, 0.2) is 24.3 Å². The molecule has 1 aliphatic rings. The number of thiazole rings is 1. The molecule has 124 valence electrons. The van der Waals surface area contributed by atoms with Gasteiger partial charge in [0.25, 0.3) is 0 Å². The normalized spacial score (nSPS) is 17.5. The quantitative estimate of drug-likeness (QED) is 0.740. The van der Waals surface area contributed by atoms with Crippen molar-refractivity contribution in [2.45, 2.75) is 26.3 Å². The zero-order valence-corrected chi connectivity index (χ0v) is 15.4. The molecule has 0 saturated carbocycles. The Balaban J connectivity index is 1.89. The fraction of sp³-hybridized carbons (Fsp3) is 0.333. The predicted molar refractivity (Wildman–Crippen MR) is 101 cm³/mol. The van der Waals surface area contributed by atoms with Gasteiger partial charge in [-0.2, -0.15) is 0 Å². The lowest BCUT2D eigenvalue weighted by molar-refractivity contribution is -0.892. The third-order valence-corrected chi connectivity index (χ3v) is 6.58. The van der Waals surface area contributed by atoms with E-state index in [-0.39, 0.29) is 5.91 Å². The first kappa shape index (κ1) is 15.7. The van der Waals surface area contributed by atoms with Crippen LogP contribution in [0.2, 0.25) is 0 Å². The van der Waals surface area contributed by atoms with Gasteiger partial charge in [0.2, 0.25) is 5.91 Å². The Morgan fingerprint density at radius 1 is 1.29 bits per heavy atom. The van der Waals surface area contributed by atoms with Gasteiger partial charge >= 0.3 is 0 Å². The highest BCUT2D eigenvalue weighted by Gasteiger charge is 2.26. The fourth-order valence-corrected chi connectivity index (χ4v) is 5.82. The van der Waals surface area contributed by atoms with Gasteiger partial charge < -0.3 is 10.2 Å². The zero-order chi connectivity index (χ0) is 16.7. The van der Waals surface area contributed by atoms with Crippen molar-refractivity contribution in [1.29, 1.82) is 0 Å². The van der Waals surface area contributed by atoms with Crippen LogP contribution in [0.25, 0.3) is 20.8 Å². The lowest BCUT2D eigenvalue weighted by Gasteiger charge is -2.08. The van der Waals surface area contributed by atoms with Crippen LogP contribution in [0.4, 0.5) is 5.00 Å². The van der Waals surface area contributed by atoms with Crippen LogP contribution in [0.3, 0.4) is 0 Å². The van der Waals surface area contributed by atoms with Crippen molar-refractivity contribution in [2.24, 2.45) is 0 Å². The molecule has 1 aromatic carbocycles. The maximum Gasteiger partial charge on any atom is 0.221 e. The van der Waals surface area contributed by atoms with E-state index < -0.39 is 0 Å². The number of para-hydroxylation sites is 1. The summed E-state index contributed by atoms with van der Waals surface area (Å²) in [7, 11) is 2.24. The highest BCUT2D eigenvalue weighted by atomic mass is 32.1. The van der Waals surface area contributed by atoms with Gasteiger partial charge in [-0.05, 0) is 24.1 Å². The van der Waals surface area contributed by atoms with Crippen LogP contribution in [-0.4, -0.2) is 24.5 Å². The molecule has 2 aromatic heterocycles. The Morgan fingerprint density at radius 3 is 2.92 bits per heavy atom. The number of rotatable bonds is 2. The lowest BCUT2D eigenvalue weighted by Crippen LogP contribution is -3.07. The maximum atomic E-state index is 11.7. The Labute approximate surface area is 149 Å². The zero-order valence-electron chi connectivity index (χ0n) is 13.8. The summed E-state index contributed by atoms with van der Waals surface area (Å²) in [5, 5.41) is 5.03. The van der Waals surface area contributed by atoms with Crippen molar-refractivity contribution >= 4 is 43.8 Å². The SMILES string of the molecule is CC(=O)Nc1sc2c(c1-c1nc3ccccc3s1)CCC[NH+](C)C2. The lowest BCUT2D eigenvalue weighted by atomic mass is 10.1. The predicted octanol–water partition coefficient (Wildman–Crippen LogP) is 2.94.